The molecule has 31 heavy (non-hydrogen) atoms. The van der Waals surface area contributed by atoms with E-state index in [9.17, 15) is 14.9 Å². The van der Waals surface area contributed by atoms with Gasteiger partial charge in [0.25, 0.3) is 11.6 Å². The molecule has 1 saturated heterocycles. The summed E-state index contributed by atoms with van der Waals surface area (Å²) in [7, 11) is 0. The van der Waals surface area contributed by atoms with Gasteiger partial charge in [-0.25, -0.2) is 4.99 Å². The van der Waals surface area contributed by atoms with Crippen LogP contribution >= 0.6 is 23.4 Å². The maximum atomic E-state index is 12.4. The zero-order chi connectivity index (χ0) is 22.1. The number of benzene rings is 2. The molecule has 156 valence electrons. The molecule has 9 heteroatoms. The number of rotatable bonds is 4. The SMILES string of the molecule is Cc1ccc(C)c(N=C2NC(=O)/C(=C/c3ccc(-c4ccc([N+](=O)[O-])cc4Cl)o3)S2)c1. The van der Waals surface area contributed by atoms with Crippen LogP contribution in [0.3, 0.4) is 0 Å². The van der Waals surface area contributed by atoms with Gasteiger partial charge in [-0.05, 0) is 61.0 Å². The van der Waals surface area contributed by atoms with Crippen molar-refractivity contribution in [2.24, 2.45) is 4.99 Å². The Hall–Kier alpha value is -3.36. The van der Waals surface area contributed by atoms with Crippen LogP contribution < -0.4 is 5.32 Å². The van der Waals surface area contributed by atoms with E-state index >= 15 is 0 Å². The number of furan rings is 1. The molecule has 4 rings (SSSR count). The maximum Gasteiger partial charge on any atom is 0.270 e. The van der Waals surface area contributed by atoms with E-state index in [0.29, 0.717) is 27.2 Å². The summed E-state index contributed by atoms with van der Waals surface area (Å²) in [6.07, 6.45) is 1.62. The Morgan fingerprint density at radius 1 is 1.16 bits per heavy atom. The first kappa shape index (κ1) is 20.9. The zero-order valence-electron chi connectivity index (χ0n) is 16.5. The number of thioether (sulfide) groups is 1. The number of hydrogen-bond donors (Lipinski definition) is 1. The van der Waals surface area contributed by atoms with Gasteiger partial charge >= 0.3 is 0 Å². The minimum atomic E-state index is -0.513. The van der Waals surface area contributed by atoms with Crippen molar-refractivity contribution < 1.29 is 14.1 Å². The Balaban J connectivity index is 1.57. The summed E-state index contributed by atoms with van der Waals surface area (Å²) in [6, 6.07) is 13.5. The van der Waals surface area contributed by atoms with Gasteiger partial charge in [0.2, 0.25) is 0 Å². The fraction of sp³-hybridized carbons (Fsp3) is 0.0909. The van der Waals surface area contributed by atoms with Gasteiger partial charge in [-0.15, -0.1) is 0 Å². The minimum absolute atomic E-state index is 0.0997. The predicted octanol–water partition coefficient (Wildman–Crippen LogP) is 6.02. The Morgan fingerprint density at radius 3 is 2.71 bits per heavy atom. The Labute approximate surface area is 187 Å². The first-order chi connectivity index (χ1) is 14.8. The number of aryl methyl sites for hydroxylation is 2. The van der Waals surface area contributed by atoms with Crippen molar-refractivity contribution in [3.63, 3.8) is 0 Å². The normalized spacial score (nSPS) is 16.2. The number of amidine groups is 1. The molecular weight excluding hydrogens is 438 g/mol. The van der Waals surface area contributed by atoms with E-state index in [4.69, 9.17) is 16.0 Å². The second-order valence-electron chi connectivity index (χ2n) is 6.89. The number of nitro groups is 1. The number of nitro benzene ring substituents is 1. The summed E-state index contributed by atoms with van der Waals surface area (Å²) in [5, 5.41) is 14.3. The van der Waals surface area contributed by atoms with Crippen LogP contribution in [0.2, 0.25) is 5.02 Å². The third-order valence-corrected chi connectivity index (χ3v) is 5.79. The lowest BCUT2D eigenvalue weighted by atomic mass is 10.1. The van der Waals surface area contributed by atoms with Crippen molar-refractivity contribution in [3.8, 4) is 11.3 Å². The van der Waals surface area contributed by atoms with Crippen LogP contribution in [0, 0.1) is 24.0 Å². The largest absolute Gasteiger partial charge is 0.457 e. The minimum Gasteiger partial charge on any atom is -0.457 e. The van der Waals surface area contributed by atoms with Crippen LogP contribution in [0.5, 0.6) is 0 Å². The first-order valence-corrected chi connectivity index (χ1v) is 10.4. The number of carbonyl (C=O) groups excluding carboxylic acids is 1. The lowest BCUT2D eigenvalue weighted by molar-refractivity contribution is -0.384. The molecule has 0 unspecified atom stereocenters. The van der Waals surface area contributed by atoms with Crippen LogP contribution in [0.25, 0.3) is 17.4 Å². The molecule has 1 aliphatic heterocycles. The van der Waals surface area contributed by atoms with Crippen molar-refractivity contribution in [2.45, 2.75) is 13.8 Å². The van der Waals surface area contributed by atoms with E-state index in [2.05, 4.69) is 10.3 Å². The Morgan fingerprint density at radius 2 is 1.97 bits per heavy atom. The van der Waals surface area contributed by atoms with Crippen LogP contribution in [-0.2, 0) is 4.79 Å². The van der Waals surface area contributed by atoms with Gasteiger partial charge in [-0.2, -0.15) is 0 Å². The first-order valence-electron chi connectivity index (χ1n) is 9.21. The lowest BCUT2D eigenvalue weighted by Crippen LogP contribution is -2.19. The van der Waals surface area contributed by atoms with E-state index < -0.39 is 4.92 Å². The number of carbonyl (C=O) groups is 1. The van der Waals surface area contributed by atoms with Crippen LogP contribution in [0.15, 0.2) is 62.8 Å². The molecule has 3 aromatic rings. The fourth-order valence-electron chi connectivity index (χ4n) is 2.95. The highest BCUT2D eigenvalue weighted by molar-refractivity contribution is 8.18. The number of hydrogen-bond acceptors (Lipinski definition) is 6. The van der Waals surface area contributed by atoms with Gasteiger partial charge < -0.3 is 9.73 Å². The molecule has 0 atom stereocenters. The Bertz CT molecular complexity index is 1280. The third kappa shape index (κ3) is 4.55. The van der Waals surface area contributed by atoms with E-state index in [-0.39, 0.29) is 16.6 Å². The quantitative estimate of drug-likeness (QED) is 0.296. The molecule has 2 aromatic carbocycles. The summed E-state index contributed by atoms with van der Waals surface area (Å²) in [5.41, 5.74) is 3.33. The lowest BCUT2D eigenvalue weighted by Gasteiger charge is -2.02. The number of amides is 1. The average Bonchev–Trinajstić information content (AvgIpc) is 3.31. The van der Waals surface area contributed by atoms with E-state index in [0.717, 1.165) is 16.8 Å². The van der Waals surface area contributed by atoms with Crippen molar-refractivity contribution in [3.05, 3.63) is 85.5 Å². The van der Waals surface area contributed by atoms with Gasteiger partial charge in [0.05, 0.1) is 20.5 Å². The van der Waals surface area contributed by atoms with E-state index in [1.165, 1.54) is 30.0 Å². The molecule has 0 radical (unpaired) electrons. The molecule has 0 aliphatic carbocycles. The maximum absolute atomic E-state index is 12.4. The Kier molecular flexibility index (Phi) is 5.67. The summed E-state index contributed by atoms with van der Waals surface area (Å²) >= 11 is 7.39. The summed E-state index contributed by atoms with van der Waals surface area (Å²) in [5.74, 6) is 0.634. The van der Waals surface area contributed by atoms with Gasteiger partial charge in [-0.1, -0.05) is 23.7 Å². The topological polar surface area (TPSA) is 97.7 Å². The second kappa shape index (κ2) is 8.41. The number of nitrogens with zero attached hydrogens (tertiary/aromatic N) is 2. The van der Waals surface area contributed by atoms with Crippen molar-refractivity contribution in [1.82, 2.24) is 5.32 Å². The average molecular weight is 454 g/mol. The van der Waals surface area contributed by atoms with Crippen molar-refractivity contribution in [1.29, 1.82) is 0 Å². The highest BCUT2D eigenvalue weighted by atomic mass is 35.5. The molecule has 0 spiro atoms. The van der Waals surface area contributed by atoms with Gasteiger partial charge in [0.15, 0.2) is 5.17 Å². The number of halogens is 1. The number of nitrogens with one attached hydrogen (secondary N) is 1. The molecule has 2 heterocycles. The van der Waals surface area contributed by atoms with E-state index in [1.54, 1.807) is 18.2 Å². The molecule has 1 N–H and O–H groups in total. The molecule has 1 aliphatic rings. The fourth-order valence-corrected chi connectivity index (χ4v) is 4.03. The summed E-state index contributed by atoms with van der Waals surface area (Å²) in [4.78, 5) is 27.7. The van der Waals surface area contributed by atoms with Crippen molar-refractivity contribution in [2.75, 3.05) is 0 Å². The zero-order valence-corrected chi connectivity index (χ0v) is 18.1. The van der Waals surface area contributed by atoms with Crippen LogP contribution in [0.4, 0.5) is 11.4 Å². The molecule has 0 saturated carbocycles. The van der Waals surface area contributed by atoms with Crippen LogP contribution in [-0.4, -0.2) is 16.0 Å². The molecule has 7 nitrogen and oxygen atoms in total. The van der Waals surface area contributed by atoms with Crippen LogP contribution in [0.1, 0.15) is 16.9 Å². The van der Waals surface area contributed by atoms with Gasteiger partial charge in [-0.3, -0.25) is 14.9 Å². The highest BCUT2D eigenvalue weighted by Gasteiger charge is 2.24. The van der Waals surface area contributed by atoms with Gasteiger partial charge in [0, 0.05) is 23.8 Å². The molecule has 1 fully saturated rings. The monoisotopic (exact) mass is 453 g/mol. The molecule has 1 aromatic heterocycles. The predicted molar refractivity (Wildman–Crippen MR) is 123 cm³/mol. The van der Waals surface area contributed by atoms with Crippen molar-refractivity contribution >= 4 is 51.9 Å². The smallest absolute Gasteiger partial charge is 0.270 e. The molecular formula is C22H16ClN3O4S. The van der Waals surface area contributed by atoms with E-state index in [1.807, 2.05) is 32.0 Å². The molecule has 1 amide bonds. The highest BCUT2D eigenvalue weighted by Crippen LogP contribution is 2.34. The molecule has 0 bridgehead atoms. The summed E-state index contributed by atoms with van der Waals surface area (Å²) in [6.45, 7) is 3.95. The third-order valence-electron chi connectivity index (χ3n) is 4.57. The second-order valence-corrected chi connectivity index (χ2v) is 8.33. The standard InChI is InChI=1S/C22H16ClN3O4S/c1-12-3-4-13(2)18(9-12)24-22-25-21(27)20(31-22)11-15-6-8-19(30-15)16-7-5-14(26(28)29)10-17(16)23/h3-11H,1-2H3,(H,24,25,27)/b20-11-. The number of non-ortho nitro benzene ring substituents is 1. The van der Waals surface area contributed by atoms with Gasteiger partial charge in [0.1, 0.15) is 11.5 Å². The number of aliphatic imine (C=N–C) groups is 1. The summed E-state index contributed by atoms with van der Waals surface area (Å²) < 4.78 is 5.79.